The van der Waals surface area contributed by atoms with Crippen molar-refractivity contribution in [1.82, 2.24) is 0 Å². The molecule has 0 amide bonds. The van der Waals surface area contributed by atoms with Gasteiger partial charge in [0.05, 0.1) is 0 Å². The summed E-state index contributed by atoms with van der Waals surface area (Å²) in [7, 11) is 0. The number of ketones is 1. The van der Waals surface area contributed by atoms with Crippen molar-refractivity contribution in [2.45, 2.75) is 89.5 Å². The van der Waals surface area contributed by atoms with E-state index >= 15 is 0 Å². The molecule has 0 bridgehead atoms. The van der Waals surface area contributed by atoms with Crippen LogP contribution in [0.4, 0.5) is 5.69 Å². The van der Waals surface area contributed by atoms with Crippen molar-refractivity contribution in [2.24, 2.45) is 28.3 Å². The average Bonchev–Trinajstić information content (AvgIpc) is 3.62. The smallest absolute Gasteiger partial charge is 0.137 e. The molecule has 39 heavy (non-hydrogen) atoms. The quantitative estimate of drug-likeness (QED) is 0.330. The predicted octanol–water partition coefficient (Wildman–Crippen LogP) is 6.71. The van der Waals surface area contributed by atoms with Gasteiger partial charge in [-0.25, -0.2) is 0 Å². The maximum Gasteiger partial charge on any atom is 0.137 e. The second kappa shape index (κ2) is 11.0. The number of nitrogens with zero attached hydrogens (tertiary/aromatic N) is 2. The van der Waals surface area contributed by atoms with Crippen molar-refractivity contribution < 1.29 is 9.90 Å². The van der Waals surface area contributed by atoms with Crippen molar-refractivity contribution in [3.63, 3.8) is 0 Å². The Kier molecular flexibility index (Phi) is 7.51. The van der Waals surface area contributed by atoms with Crippen LogP contribution in [0.2, 0.25) is 0 Å². The highest BCUT2D eigenvalue weighted by Crippen LogP contribution is 2.66. The van der Waals surface area contributed by atoms with Gasteiger partial charge in [-0.15, -0.1) is 5.92 Å². The number of nitroso groups, excluding NO2 is 1. The fraction of sp³-hybridized carbons (Fsp3) is 0.618. The van der Waals surface area contributed by atoms with Crippen LogP contribution < -0.4 is 4.90 Å². The third-order valence-electron chi connectivity index (χ3n) is 10.8. The number of carbonyl (C=O) groups excluding carboxylic acids is 1. The van der Waals surface area contributed by atoms with E-state index in [1.807, 2.05) is 0 Å². The minimum Gasteiger partial charge on any atom is -0.384 e. The molecule has 3 fully saturated rings. The molecule has 6 rings (SSSR count). The number of hydrogen-bond donors (Lipinski definition) is 1. The van der Waals surface area contributed by atoms with Gasteiger partial charge in [-0.3, -0.25) is 4.79 Å². The van der Waals surface area contributed by atoms with E-state index in [1.165, 1.54) is 35.2 Å². The molecule has 4 aliphatic carbocycles. The number of aliphatic hydroxyl groups is 1. The summed E-state index contributed by atoms with van der Waals surface area (Å²) in [5, 5.41) is 12.4. The molecule has 2 saturated carbocycles. The second-order valence-electron chi connectivity index (χ2n) is 12.7. The van der Waals surface area contributed by atoms with Gasteiger partial charge in [-0.1, -0.05) is 41.8 Å². The first-order chi connectivity index (χ1) is 19.0. The van der Waals surface area contributed by atoms with Gasteiger partial charge in [0.2, 0.25) is 0 Å². The molecule has 1 unspecified atom stereocenters. The molecule has 206 valence electrons. The molecule has 1 saturated heterocycles. The van der Waals surface area contributed by atoms with E-state index in [4.69, 9.17) is 5.11 Å². The zero-order chi connectivity index (χ0) is 27.0. The van der Waals surface area contributed by atoms with Crippen molar-refractivity contribution >= 4 is 11.5 Å². The summed E-state index contributed by atoms with van der Waals surface area (Å²) in [5.74, 6) is 7.44. The Hall–Kier alpha value is -2.71. The van der Waals surface area contributed by atoms with Gasteiger partial charge < -0.3 is 10.0 Å². The standard InChI is InChI=1S/C34H42N2O3/c1-34-22-29(23-8-12-26(13-9-23)36-18-4-5-19-36)33-27-15-11-25(35-39)21-24(27)10-14-28(33)30(34)16-17-31(34)32(38)7-3-2-6-20-37/h8-9,12-13,21,25,28-31,37H,3-5,7,10-11,14-20,22H2,1H3/t25?,28-,29+,30-,31+,34-/m0/s1. The first-order valence-electron chi connectivity index (χ1n) is 15.2. The van der Waals surface area contributed by atoms with Crippen molar-refractivity contribution in [1.29, 1.82) is 0 Å². The summed E-state index contributed by atoms with van der Waals surface area (Å²) >= 11 is 0. The zero-order valence-electron chi connectivity index (χ0n) is 23.3. The Morgan fingerprint density at radius 2 is 1.87 bits per heavy atom. The summed E-state index contributed by atoms with van der Waals surface area (Å²) < 4.78 is 0. The van der Waals surface area contributed by atoms with E-state index < -0.39 is 0 Å². The lowest BCUT2D eigenvalue weighted by molar-refractivity contribution is -0.127. The fourth-order valence-electron chi connectivity index (χ4n) is 9.08. The number of rotatable bonds is 6. The normalized spacial score (nSPS) is 33.4. The van der Waals surface area contributed by atoms with Crippen LogP contribution in [0.5, 0.6) is 0 Å². The van der Waals surface area contributed by atoms with Crippen LogP contribution in [0.15, 0.2) is 52.2 Å². The average molecular weight is 527 g/mol. The van der Waals surface area contributed by atoms with Gasteiger partial charge in [0.15, 0.2) is 0 Å². The Balaban J connectivity index is 1.37. The third kappa shape index (κ3) is 4.80. The van der Waals surface area contributed by atoms with E-state index in [1.54, 1.807) is 5.57 Å². The monoisotopic (exact) mass is 526 g/mol. The summed E-state index contributed by atoms with van der Waals surface area (Å²) in [6, 6.07) is 9.17. The molecule has 6 atom stereocenters. The number of anilines is 1. The largest absolute Gasteiger partial charge is 0.384 e. The lowest BCUT2D eigenvalue weighted by Crippen LogP contribution is -2.45. The summed E-state index contributed by atoms with van der Waals surface area (Å²) in [6.45, 7) is 4.56. The van der Waals surface area contributed by atoms with Crippen LogP contribution in [-0.4, -0.2) is 36.6 Å². The first kappa shape index (κ1) is 26.5. The van der Waals surface area contributed by atoms with Gasteiger partial charge in [0, 0.05) is 43.5 Å². The molecule has 0 aromatic heterocycles. The number of aliphatic hydroxyl groups excluding tert-OH is 1. The molecule has 1 aromatic rings. The Morgan fingerprint density at radius 3 is 2.62 bits per heavy atom. The van der Waals surface area contributed by atoms with Crippen LogP contribution >= 0.6 is 0 Å². The molecule has 0 radical (unpaired) electrons. The van der Waals surface area contributed by atoms with E-state index in [2.05, 4.69) is 59.2 Å². The minimum atomic E-state index is -0.185. The molecule has 1 aromatic carbocycles. The molecular weight excluding hydrogens is 484 g/mol. The third-order valence-corrected chi connectivity index (χ3v) is 10.8. The number of hydrogen-bond acceptors (Lipinski definition) is 5. The Bertz CT molecular complexity index is 1230. The summed E-state index contributed by atoms with van der Waals surface area (Å²) in [5.41, 5.74) is 7.19. The van der Waals surface area contributed by atoms with Gasteiger partial charge in [-0.05, 0) is 104 Å². The van der Waals surface area contributed by atoms with Gasteiger partial charge in [0.25, 0.3) is 0 Å². The van der Waals surface area contributed by atoms with E-state index in [-0.39, 0.29) is 24.0 Å². The highest BCUT2D eigenvalue weighted by molar-refractivity contribution is 5.82. The predicted molar refractivity (Wildman–Crippen MR) is 155 cm³/mol. The molecule has 1 heterocycles. The maximum atomic E-state index is 13.6. The molecule has 0 spiro atoms. The summed E-state index contributed by atoms with van der Waals surface area (Å²) in [6.07, 6.45) is 12.7. The number of benzene rings is 1. The number of Topliss-reactive ketones (excluding diaryl/α,β-unsaturated/α-hetero) is 1. The zero-order valence-corrected chi connectivity index (χ0v) is 23.3. The van der Waals surface area contributed by atoms with Crippen LogP contribution in [-0.2, 0) is 4.79 Å². The van der Waals surface area contributed by atoms with Crippen LogP contribution in [0.3, 0.4) is 0 Å². The second-order valence-corrected chi connectivity index (χ2v) is 12.7. The van der Waals surface area contributed by atoms with Crippen molar-refractivity contribution in [3.8, 4) is 11.8 Å². The first-order valence-corrected chi connectivity index (χ1v) is 15.2. The van der Waals surface area contributed by atoms with Crippen LogP contribution in [0, 0.1) is 39.9 Å². The lowest BCUT2D eigenvalue weighted by Gasteiger charge is -2.52. The number of fused-ring (bicyclic) bond motifs is 4. The highest BCUT2D eigenvalue weighted by Gasteiger charge is 2.58. The topological polar surface area (TPSA) is 70.0 Å². The minimum absolute atomic E-state index is 0.0166. The molecule has 1 N–H and O–H groups in total. The lowest BCUT2D eigenvalue weighted by atomic mass is 9.51. The SMILES string of the molecule is C[C@]12C[C@H](c3ccc(N4CCCC4)cc3)C3=C4CCC(N=O)C=C4CC[C@H]3[C@@H]1CC[C@@H]2C(=O)CCC#CCO. The fourth-order valence-corrected chi connectivity index (χ4v) is 9.08. The van der Waals surface area contributed by atoms with E-state index in [0.717, 1.165) is 58.0 Å². The van der Waals surface area contributed by atoms with E-state index in [9.17, 15) is 9.70 Å². The maximum absolute atomic E-state index is 13.6. The van der Waals surface area contributed by atoms with E-state index in [0.29, 0.717) is 36.4 Å². The highest BCUT2D eigenvalue weighted by atomic mass is 16.3. The van der Waals surface area contributed by atoms with Gasteiger partial charge in [0.1, 0.15) is 18.4 Å². The van der Waals surface area contributed by atoms with Crippen molar-refractivity contribution in [2.75, 3.05) is 24.6 Å². The molecule has 5 heteroatoms. The Morgan fingerprint density at radius 1 is 1.08 bits per heavy atom. The number of allylic oxidation sites excluding steroid dienone is 3. The van der Waals surface area contributed by atoms with Gasteiger partial charge >= 0.3 is 0 Å². The molecule has 1 aliphatic heterocycles. The molecule has 5 aliphatic rings. The molecular formula is C34H42N2O3. The number of carbonyl (C=O) groups is 1. The van der Waals surface area contributed by atoms with Crippen LogP contribution in [0.25, 0.3) is 0 Å². The van der Waals surface area contributed by atoms with Crippen LogP contribution in [0.1, 0.15) is 89.0 Å². The van der Waals surface area contributed by atoms with Crippen molar-refractivity contribution in [3.05, 3.63) is 57.5 Å². The Labute approximate surface area is 233 Å². The summed E-state index contributed by atoms with van der Waals surface area (Å²) in [4.78, 5) is 27.4. The van der Waals surface area contributed by atoms with Gasteiger partial charge in [-0.2, -0.15) is 4.91 Å². The molecule has 5 nitrogen and oxygen atoms in total.